The number of aryl methyl sites for hydroxylation is 1. The molecule has 0 unspecified atom stereocenters. The summed E-state index contributed by atoms with van der Waals surface area (Å²) in [6.07, 6.45) is 1.76. The number of hydrogen-bond donors (Lipinski definition) is 2. The molecular formula is C21H25ClN6. The van der Waals surface area contributed by atoms with Crippen molar-refractivity contribution in [1.29, 1.82) is 0 Å². The lowest BCUT2D eigenvalue weighted by Gasteiger charge is -2.16. The fourth-order valence-corrected chi connectivity index (χ4v) is 2.93. The number of nitrogens with zero attached hydrogens (tertiary/aromatic N) is 4. The van der Waals surface area contributed by atoms with Crippen LogP contribution in [0.25, 0.3) is 11.4 Å². The van der Waals surface area contributed by atoms with Crippen LogP contribution < -0.4 is 10.6 Å². The van der Waals surface area contributed by atoms with Gasteiger partial charge in [-0.25, -0.2) is 4.98 Å². The minimum absolute atomic E-state index is 0.560. The van der Waals surface area contributed by atoms with Gasteiger partial charge in [-0.15, -0.1) is 0 Å². The molecule has 0 radical (unpaired) electrons. The summed E-state index contributed by atoms with van der Waals surface area (Å²) >= 11 is 6.31. The second kappa shape index (κ2) is 8.99. The fraction of sp³-hybridized carbons (Fsp3) is 0.286. The summed E-state index contributed by atoms with van der Waals surface area (Å²) < 4.78 is 0. The van der Waals surface area contributed by atoms with Crippen molar-refractivity contribution in [3.8, 4) is 11.4 Å². The third-order valence-electron chi connectivity index (χ3n) is 4.36. The van der Waals surface area contributed by atoms with Crippen LogP contribution in [0.2, 0.25) is 5.02 Å². The number of benzene rings is 1. The Hall–Kier alpha value is -2.70. The van der Waals surface area contributed by atoms with Gasteiger partial charge in [-0.3, -0.25) is 4.98 Å². The second-order valence-corrected chi connectivity index (χ2v) is 7.30. The Kier molecular flexibility index (Phi) is 6.44. The Balaban J connectivity index is 1.96. The lowest BCUT2D eigenvalue weighted by Crippen LogP contribution is -2.21. The molecule has 3 aromatic rings. The minimum atomic E-state index is 0.560. The van der Waals surface area contributed by atoms with Gasteiger partial charge in [0.2, 0.25) is 5.95 Å². The van der Waals surface area contributed by atoms with Crippen molar-refractivity contribution in [2.24, 2.45) is 0 Å². The van der Waals surface area contributed by atoms with Crippen LogP contribution in [-0.4, -0.2) is 47.0 Å². The maximum atomic E-state index is 6.31. The smallest absolute Gasteiger partial charge is 0.225 e. The molecule has 1 aromatic carbocycles. The van der Waals surface area contributed by atoms with Crippen molar-refractivity contribution in [2.75, 3.05) is 37.8 Å². The highest BCUT2D eigenvalue weighted by molar-refractivity contribution is 6.31. The third-order valence-corrected chi connectivity index (χ3v) is 4.77. The SMILES string of the molecule is Cc1ccc(Cl)c(C)c1Nc1cc(-c2ccccn2)nc(NCCN(C)C)n1. The Morgan fingerprint density at radius 3 is 2.57 bits per heavy atom. The number of likely N-dealkylation sites (N-methyl/N-ethyl adjacent to an activating group) is 1. The molecular weight excluding hydrogens is 372 g/mol. The molecule has 6 nitrogen and oxygen atoms in total. The third kappa shape index (κ3) is 4.97. The van der Waals surface area contributed by atoms with Crippen LogP contribution in [-0.2, 0) is 0 Å². The maximum Gasteiger partial charge on any atom is 0.225 e. The van der Waals surface area contributed by atoms with E-state index in [1.165, 1.54) is 0 Å². The zero-order valence-corrected chi connectivity index (χ0v) is 17.4. The molecule has 3 rings (SSSR count). The molecule has 0 spiro atoms. The Morgan fingerprint density at radius 1 is 1.04 bits per heavy atom. The van der Waals surface area contributed by atoms with E-state index in [0.29, 0.717) is 11.8 Å². The summed E-state index contributed by atoms with van der Waals surface area (Å²) in [6.45, 7) is 5.66. The Morgan fingerprint density at radius 2 is 1.86 bits per heavy atom. The summed E-state index contributed by atoms with van der Waals surface area (Å²) in [4.78, 5) is 15.8. The van der Waals surface area contributed by atoms with Crippen LogP contribution in [0.3, 0.4) is 0 Å². The number of halogens is 1. The van der Waals surface area contributed by atoms with Crippen LogP contribution in [0.1, 0.15) is 11.1 Å². The number of aromatic nitrogens is 3. The average molecular weight is 397 g/mol. The molecule has 146 valence electrons. The van der Waals surface area contributed by atoms with Crippen molar-refractivity contribution < 1.29 is 0 Å². The first-order chi connectivity index (χ1) is 13.4. The normalized spacial score (nSPS) is 10.9. The fourth-order valence-electron chi connectivity index (χ4n) is 2.77. The summed E-state index contributed by atoms with van der Waals surface area (Å²) in [7, 11) is 4.06. The van der Waals surface area contributed by atoms with Gasteiger partial charge in [-0.2, -0.15) is 4.98 Å². The largest absolute Gasteiger partial charge is 0.353 e. The van der Waals surface area contributed by atoms with Gasteiger partial charge in [-0.1, -0.05) is 23.7 Å². The highest BCUT2D eigenvalue weighted by Gasteiger charge is 2.11. The number of rotatable bonds is 7. The van der Waals surface area contributed by atoms with Crippen LogP contribution >= 0.6 is 11.6 Å². The van der Waals surface area contributed by atoms with E-state index in [1.807, 2.05) is 64.3 Å². The molecule has 0 saturated carbocycles. The van der Waals surface area contributed by atoms with Crippen molar-refractivity contribution in [3.63, 3.8) is 0 Å². The number of anilines is 3. The van der Waals surface area contributed by atoms with Crippen molar-refractivity contribution in [3.05, 3.63) is 58.7 Å². The first-order valence-corrected chi connectivity index (χ1v) is 9.53. The molecule has 2 N–H and O–H groups in total. The molecule has 0 aliphatic carbocycles. The second-order valence-electron chi connectivity index (χ2n) is 6.90. The molecule has 28 heavy (non-hydrogen) atoms. The van der Waals surface area contributed by atoms with Gasteiger partial charge in [-0.05, 0) is 57.3 Å². The van der Waals surface area contributed by atoms with Crippen molar-refractivity contribution in [2.45, 2.75) is 13.8 Å². The molecule has 0 bridgehead atoms. The lowest BCUT2D eigenvalue weighted by atomic mass is 10.1. The molecule has 0 aliphatic heterocycles. The van der Waals surface area contributed by atoms with Crippen LogP contribution in [0.15, 0.2) is 42.6 Å². The van der Waals surface area contributed by atoms with Crippen LogP contribution in [0.5, 0.6) is 0 Å². The molecule has 2 heterocycles. The minimum Gasteiger partial charge on any atom is -0.353 e. The average Bonchev–Trinajstić information content (AvgIpc) is 2.68. The van der Waals surface area contributed by atoms with Crippen molar-refractivity contribution >= 4 is 29.1 Å². The van der Waals surface area contributed by atoms with Gasteiger partial charge < -0.3 is 15.5 Å². The highest BCUT2D eigenvalue weighted by atomic mass is 35.5. The monoisotopic (exact) mass is 396 g/mol. The van der Waals surface area contributed by atoms with Gasteiger partial charge in [0.05, 0.1) is 11.4 Å². The topological polar surface area (TPSA) is 66.0 Å². The molecule has 0 atom stereocenters. The van der Waals surface area contributed by atoms with E-state index in [1.54, 1.807) is 6.20 Å². The summed E-state index contributed by atoms with van der Waals surface area (Å²) in [5, 5.41) is 7.43. The number of nitrogens with one attached hydrogen (secondary N) is 2. The summed E-state index contributed by atoms with van der Waals surface area (Å²) in [5.41, 5.74) is 4.59. The Labute approximate surface area is 171 Å². The predicted octanol–water partition coefficient (Wildman–Crippen LogP) is 4.53. The van der Waals surface area contributed by atoms with Gasteiger partial charge in [0.15, 0.2) is 0 Å². The van der Waals surface area contributed by atoms with Crippen molar-refractivity contribution in [1.82, 2.24) is 19.9 Å². The quantitative estimate of drug-likeness (QED) is 0.611. The van der Waals surface area contributed by atoms with Gasteiger partial charge in [0, 0.05) is 36.1 Å². The Bertz CT molecular complexity index is 943. The van der Waals surface area contributed by atoms with E-state index in [2.05, 4.69) is 30.5 Å². The number of hydrogen-bond acceptors (Lipinski definition) is 6. The van der Waals surface area contributed by atoms with Gasteiger partial charge >= 0.3 is 0 Å². The van der Waals surface area contributed by atoms with E-state index < -0.39 is 0 Å². The first kappa shape index (κ1) is 20.0. The lowest BCUT2D eigenvalue weighted by molar-refractivity contribution is 0.425. The van der Waals surface area contributed by atoms with E-state index in [-0.39, 0.29) is 0 Å². The van der Waals surface area contributed by atoms with Gasteiger partial charge in [0.25, 0.3) is 0 Å². The maximum absolute atomic E-state index is 6.31. The summed E-state index contributed by atoms with van der Waals surface area (Å²) in [5.74, 6) is 1.25. The molecule has 2 aromatic heterocycles. The van der Waals surface area contributed by atoms with Crippen LogP contribution in [0, 0.1) is 13.8 Å². The van der Waals surface area contributed by atoms with E-state index >= 15 is 0 Å². The van der Waals surface area contributed by atoms with E-state index in [4.69, 9.17) is 11.6 Å². The standard InChI is InChI=1S/C21H25ClN6/c1-14-8-9-16(22)15(2)20(14)26-19-13-18(17-7-5-6-10-23-17)25-21(27-19)24-11-12-28(3)4/h5-10,13H,11-12H2,1-4H3,(H2,24,25,26,27). The molecule has 0 fully saturated rings. The number of pyridine rings is 1. The van der Waals surface area contributed by atoms with E-state index in [0.717, 1.165) is 46.3 Å². The predicted molar refractivity (Wildman–Crippen MR) is 117 cm³/mol. The first-order valence-electron chi connectivity index (χ1n) is 9.16. The zero-order valence-electron chi connectivity index (χ0n) is 16.6. The van der Waals surface area contributed by atoms with E-state index in [9.17, 15) is 0 Å². The molecule has 0 amide bonds. The molecule has 0 saturated heterocycles. The zero-order chi connectivity index (χ0) is 20.1. The van der Waals surface area contributed by atoms with Crippen LogP contribution in [0.4, 0.5) is 17.5 Å². The van der Waals surface area contributed by atoms with Gasteiger partial charge in [0.1, 0.15) is 5.82 Å². The molecule has 0 aliphatic rings. The summed E-state index contributed by atoms with van der Waals surface area (Å²) in [6, 6.07) is 11.6. The highest BCUT2D eigenvalue weighted by Crippen LogP contribution is 2.30. The molecule has 7 heteroatoms.